The molecular formula is C12H18N2O2. The van der Waals surface area contributed by atoms with Crippen LogP contribution in [0, 0.1) is 5.92 Å². The van der Waals surface area contributed by atoms with Crippen molar-refractivity contribution in [3.63, 3.8) is 0 Å². The van der Waals surface area contributed by atoms with E-state index in [1.165, 1.54) is 6.20 Å². The molecule has 0 unspecified atom stereocenters. The van der Waals surface area contributed by atoms with Crippen molar-refractivity contribution in [1.29, 1.82) is 0 Å². The van der Waals surface area contributed by atoms with Gasteiger partial charge in [0, 0.05) is 12.5 Å². The topological polar surface area (TPSA) is 55.1 Å². The number of amides is 1. The highest BCUT2D eigenvalue weighted by molar-refractivity contribution is 5.95. The second kappa shape index (κ2) is 4.68. The molecule has 0 spiro atoms. The van der Waals surface area contributed by atoms with E-state index in [2.05, 4.69) is 24.3 Å². The molecule has 0 aliphatic heterocycles. The third kappa shape index (κ3) is 2.62. The number of nitrogens with zero attached hydrogens (tertiary/aromatic N) is 1. The quantitative estimate of drug-likeness (QED) is 0.831. The summed E-state index contributed by atoms with van der Waals surface area (Å²) >= 11 is 0. The zero-order chi connectivity index (χ0) is 11.5. The molecule has 0 aromatic carbocycles. The second-order valence-electron chi connectivity index (χ2n) is 4.82. The van der Waals surface area contributed by atoms with Gasteiger partial charge >= 0.3 is 0 Å². The molecular weight excluding hydrogens is 204 g/mol. The highest BCUT2D eigenvalue weighted by Crippen LogP contribution is 2.41. The highest BCUT2D eigenvalue weighted by Gasteiger charge is 2.32. The molecule has 1 aromatic rings. The van der Waals surface area contributed by atoms with Gasteiger partial charge in [0.05, 0.1) is 6.20 Å². The summed E-state index contributed by atoms with van der Waals surface area (Å²) in [6.07, 6.45) is 4.75. The van der Waals surface area contributed by atoms with E-state index >= 15 is 0 Å². The lowest BCUT2D eigenvalue weighted by molar-refractivity contribution is 0.0950. The number of carbonyl (C=O) groups is 1. The van der Waals surface area contributed by atoms with Crippen LogP contribution in [0.1, 0.15) is 55.1 Å². The number of nitrogens with one attached hydrogen (secondary N) is 1. The van der Waals surface area contributed by atoms with Crippen LogP contribution in [0.4, 0.5) is 0 Å². The molecule has 1 saturated carbocycles. The van der Waals surface area contributed by atoms with Gasteiger partial charge < -0.3 is 9.84 Å². The molecule has 1 aliphatic carbocycles. The Bertz CT molecular complexity index is 367. The number of hydrogen-bond donors (Lipinski definition) is 1. The number of rotatable bonds is 5. The van der Waals surface area contributed by atoms with Gasteiger partial charge in [0.15, 0.2) is 5.76 Å². The Hall–Kier alpha value is -1.32. The number of carbonyl (C=O) groups excluding carboxylic acids is 1. The van der Waals surface area contributed by atoms with Crippen molar-refractivity contribution in [2.45, 2.75) is 39.0 Å². The molecule has 1 fully saturated rings. The maximum absolute atomic E-state index is 11.8. The molecule has 0 bridgehead atoms. The summed E-state index contributed by atoms with van der Waals surface area (Å²) in [7, 11) is 0. The van der Waals surface area contributed by atoms with E-state index in [1.54, 1.807) is 0 Å². The molecule has 1 heterocycles. The number of hydrogen-bond acceptors (Lipinski definition) is 3. The first-order valence-corrected chi connectivity index (χ1v) is 5.91. The van der Waals surface area contributed by atoms with Crippen LogP contribution in [0.15, 0.2) is 10.7 Å². The maximum Gasteiger partial charge on any atom is 0.256 e. The van der Waals surface area contributed by atoms with Gasteiger partial charge in [-0.3, -0.25) is 4.79 Å². The van der Waals surface area contributed by atoms with Crippen LogP contribution < -0.4 is 5.32 Å². The molecule has 0 atom stereocenters. The molecule has 0 radical (unpaired) electrons. The van der Waals surface area contributed by atoms with Gasteiger partial charge in [0.2, 0.25) is 0 Å². The lowest BCUT2D eigenvalue weighted by atomic mass is 10.1. The largest absolute Gasteiger partial charge is 0.360 e. The summed E-state index contributed by atoms with van der Waals surface area (Å²) in [6, 6.07) is 0. The van der Waals surface area contributed by atoms with Crippen molar-refractivity contribution >= 4 is 5.91 Å². The van der Waals surface area contributed by atoms with Crippen LogP contribution in [-0.2, 0) is 0 Å². The van der Waals surface area contributed by atoms with Crippen LogP contribution in [0.5, 0.6) is 0 Å². The second-order valence-corrected chi connectivity index (χ2v) is 4.82. The Morgan fingerprint density at radius 3 is 3.00 bits per heavy atom. The van der Waals surface area contributed by atoms with Crippen molar-refractivity contribution < 1.29 is 9.32 Å². The van der Waals surface area contributed by atoms with E-state index < -0.39 is 0 Å². The molecule has 88 valence electrons. The van der Waals surface area contributed by atoms with E-state index in [0.29, 0.717) is 23.9 Å². The van der Waals surface area contributed by atoms with Gasteiger partial charge in [-0.05, 0) is 25.2 Å². The minimum absolute atomic E-state index is 0.0520. The maximum atomic E-state index is 11.8. The predicted octanol–water partition coefficient (Wildman–Crippen LogP) is 2.33. The lowest BCUT2D eigenvalue weighted by Gasteiger charge is -2.06. The summed E-state index contributed by atoms with van der Waals surface area (Å²) in [5, 5.41) is 6.61. The minimum Gasteiger partial charge on any atom is -0.360 e. The molecule has 2 rings (SSSR count). The number of aromatic nitrogens is 1. The van der Waals surface area contributed by atoms with Crippen LogP contribution in [0.2, 0.25) is 0 Å². The first-order chi connectivity index (χ1) is 7.68. The van der Waals surface area contributed by atoms with Crippen molar-refractivity contribution in [3.8, 4) is 0 Å². The van der Waals surface area contributed by atoms with Gasteiger partial charge in [0.25, 0.3) is 5.91 Å². The standard InChI is InChI=1S/C12H18N2O2/c1-8(2)5-6-13-12(15)10-7-14-16-11(10)9-3-4-9/h7-9H,3-6H2,1-2H3,(H,13,15). The Kier molecular flexibility index (Phi) is 3.27. The smallest absolute Gasteiger partial charge is 0.256 e. The summed E-state index contributed by atoms with van der Waals surface area (Å²) in [4.78, 5) is 11.8. The molecule has 1 aliphatic rings. The SMILES string of the molecule is CC(C)CCNC(=O)c1cnoc1C1CC1. The van der Waals surface area contributed by atoms with Crippen LogP contribution in [0.3, 0.4) is 0 Å². The van der Waals surface area contributed by atoms with Crippen molar-refractivity contribution in [3.05, 3.63) is 17.5 Å². The Morgan fingerprint density at radius 2 is 2.38 bits per heavy atom. The average Bonchev–Trinajstić information content (AvgIpc) is 2.95. The van der Waals surface area contributed by atoms with Crippen LogP contribution in [0.25, 0.3) is 0 Å². The van der Waals surface area contributed by atoms with Crippen LogP contribution >= 0.6 is 0 Å². The normalized spacial score (nSPS) is 15.4. The van der Waals surface area contributed by atoms with Crippen molar-refractivity contribution in [2.75, 3.05) is 6.54 Å². The van der Waals surface area contributed by atoms with Gasteiger partial charge in [-0.15, -0.1) is 0 Å². The molecule has 1 N–H and O–H groups in total. The Morgan fingerprint density at radius 1 is 1.62 bits per heavy atom. The van der Waals surface area contributed by atoms with E-state index in [1.807, 2.05) is 0 Å². The third-order valence-corrected chi connectivity index (χ3v) is 2.80. The first-order valence-electron chi connectivity index (χ1n) is 5.91. The van der Waals surface area contributed by atoms with Gasteiger partial charge in [-0.2, -0.15) is 0 Å². The van der Waals surface area contributed by atoms with Crippen molar-refractivity contribution in [2.24, 2.45) is 5.92 Å². The Labute approximate surface area is 95.4 Å². The third-order valence-electron chi connectivity index (χ3n) is 2.80. The van der Waals surface area contributed by atoms with E-state index in [4.69, 9.17) is 4.52 Å². The first kappa shape index (κ1) is 11.2. The fourth-order valence-electron chi connectivity index (χ4n) is 1.63. The molecule has 4 nitrogen and oxygen atoms in total. The monoisotopic (exact) mass is 222 g/mol. The van der Waals surface area contributed by atoms with E-state index in [0.717, 1.165) is 25.0 Å². The summed E-state index contributed by atoms with van der Waals surface area (Å²) in [5.74, 6) is 1.74. The average molecular weight is 222 g/mol. The van der Waals surface area contributed by atoms with Gasteiger partial charge in [-0.25, -0.2) is 0 Å². The molecule has 0 saturated heterocycles. The van der Waals surface area contributed by atoms with Gasteiger partial charge in [-0.1, -0.05) is 19.0 Å². The molecule has 1 amide bonds. The molecule has 16 heavy (non-hydrogen) atoms. The molecule has 1 aromatic heterocycles. The van der Waals surface area contributed by atoms with E-state index in [-0.39, 0.29) is 5.91 Å². The fourth-order valence-corrected chi connectivity index (χ4v) is 1.63. The van der Waals surface area contributed by atoms with Crippen LogP contribution in [-0.4, -0.2) is 17.6 Å². The summed E-state index contributed by atoms with van der Waals surface area (Å²) in [5.41, 5.74) is 0.617. The zero-order valence-electron chi connectivity index (χ0n) is 9.82. The predicted molar refractivity (Wildman–Crippen MR) is 60.3 cm³/mol. The Balaban J connectivity index is 1.90. The zero-order valence-corrected chi connectivity index (χ0v) is 9.82. The highest BCUT2D eigenvalue weighted by atomic mass is 16.5. The summed E-state index contributed by atoms with van der Waals surface area (Å²) < 4.78 is 5.13. The van der Waals surface area contributed by atoms with E-state index in [9.17, 15) is 4.79 Å². The fraction of sp³-hybridized carbons (Fsp3) is 0.667. The molecule has 4 heteroatoms. The minimum atomic E-state index is -0.0520. The summed E-state index contributed by atoms with van der Waals surface area (Å²) in [6.45, 7) is 4.99. The lowest BCUT2D eigenvalue weighted by Crippen LogP contribution is -2.25. The van der Waals surface area contributed by atoms with Crippen molar-refractivity contribution in [1.82, 2.24) is 10.5 Å². The van der Waals surface area contributed by atoms with Gasteiger partial charge in [0.1, 0.15) is 5.56 Å².